The first-order valence-corrected chi connectivity index (χ1v) is 12.1. The van der Waals surface area contributed by atoms with Gasteiger partial charge >= 0.3 is 0 Å². The standard InChI is InChI=1S/C31H30N3/c1-18(2)21-9-11-23-24-10-8-19(3)27-29(24)34(25(23)16-21)26-15-20(17-31(4,5)32-6)14-22-12-13-33(7)30(27)28(22)26/h8-16,18H,17H2,1-5,7H3/q+1. The van der Waals surface area contributed by atoms with Gasteiger partial charge in [-0.2, -0.15) is 0 Å². The van der Waals surface area contributed by atoms with Crippen LogP contribution in [0.25, 0.3) is 53.8 Å². The maximum absolute atomic E-state index is 7.67. The Morgan fingerprint density at radius 1 is 0.971 bits per heavy atom. The van der Waals surface area contributed by atoms with Gasteiger partial charge in [-0.1, -0.05) is 44.2 Å². The summed E-state index contributed by atoms with van der Waals surface area (Å²) in [6, 6.07) is 18.4. The molecule has 0 bridgehead atoms. The number of benzene rings is 3. The highest BCUT2D eigenvalue weighted by Crippen LogP contribution is 2.41. The summed E-state index contributed by atoms with van der Waals surface area (Å²) in [5.41, 5.74) is 8.54. The maximum atomic E-state index is 7.67. The van der Waals surface area contributed by atoms with E-state index in [9.17, 15) is 0 Å². The number of rotatable bonds is 3. The molecule has 0 aliphatic rings. The molecule has 168 valence electrons. The van der Waals surface area contributed by atoms with Crippen molar-refractivity contribution in [3.63, 3.8) is 0 Å². The van der Waals surface area contributed by atoms with Gasteiger partial charge in [-0.25, -0.2) is 11.1 Å². The summed E-state index contributed by atoms with van der Waals surface area (Å²) < 4.78 is 4.78. The minimum Gasteiger partial charge on any atom is -0.311 e. The van der Waals surface area contributed by atoms with Gasteiger partial charge in [0.05, 0.1) is 33.7 Å². The first-order chi connectivity index (χ1) is 16.2. The van der Waals surface area contributed by atoms with E-state index in [2.05, 4.69) is 96.4 Å². The Morgan fingerprint density at radius 3 is 2.47 bits per heavy atom. The summed E-state index contributed by atoms with van der Waals surface area (Å²) in [7, 11) is 2.15. The molecule has 6 aromatic rings. The Labute approximate surface area is 200 Å². The van der Waals surface area contributed by atoms with Crippen LogP contribution in [-0.2, 0) is 13.5 Å². The van der Waals surface area contributed by atoms with Crippen LogP contribution < -0.4 is 4.57 Å². The molecule has 0 atom stereocenters. The van der Waals surface area contributed by atoms with Gasteiger partial charge in [0.15, 0.2) is 6.20 Å². The lowest BCUT2D eigenvalue weighted by atomic mass is 9.92. The van der Waals surface area contributed by atoms with Crippen LogP contribution >= 0.6 is 0 Å². The molecule has 0 saturated carbocycles. The number of pyridine rings is 2. The van der Waals surface area contributed by atoms with Crippen LogP contribution in [0, 0.1) is 13.5 Å². The van der Waals surface area contributed by atoms with Crippen LogP contribution in [0.3, 0.4) is 0 Å². The number of aryl methyl sites for hydroxylation is 2. The van der Waals surface area contributed by atoms with Gasteiger partial charge in [0.2, 0.25) is 11.1 Å². The summed E-state index contributed by atoms with van der Waals surface area (Å²) in [5, 5.41) is 6.47. The smallest absolute Gasteiger partial charge is 0.231 e. The number of hydrogen-bond donors (Lipinski definition) is 0. The zero-order valence-electron chi connectivity index (χ0n) is 20.8. The molecular formula is C31H30N3+. The molecule has 3 aromatic heterocycles. The number of nitrogens with zero attached hydrogens (tertiary/aromatic N) is 3. The van der Waals surface area contributed by atoms with E-state index in [1.165, 1.54) is 65.7 Å². The van der Waals surface area contributed by atoms with Crippen molar-refractivity contribution in [1.29, 1.82) is 0 Å². The van der Waals surface area contributed by atoms with Crippen molar-refractivity contribution in [1.82, 2.24) is 4.40 Å². The van der Waals surface area contributed by atoms with Crippen molar-refractivity contribution in [2.45, 2.75) is 52.5 Å². The van der Waals surface area contributed by atoms with E-state index in [4.69, 9.17) is 6.57 Å². The minimum absolute atomic E-state index is 0.426. The van der Waals surface area contributed by atoms with E-state index in [1.54, 1.807) is 0 Å². The number of fused-ring (bicyclic) bond motifs is 5. The molecule has 0 fully saturated rings. The number of hydrogen-bond acceptors (Lipinski definition) is 0. The monoisotopic (exact) mass is 444 g/mol. The van der Waals surface area contributed by atoms with E-state index in [1.807, 2.05) is 13.8 Å². The van der Waals surface area contributed by atoms with Crippen LogP contribution in [0.15, 0.2) is 54.7 Å². The van der Waals surface area contributed by atoms with Gasteiger partial charge < -0.3 is 9.25 Å². The van der Waals surface area contributed by atoms with Crippen molar-refractivity contribution in [2.24, 2.45) is 7.05 Å². The van der Waals surface area contributed by atoms with E-state index in [-0.39, 0.29) is 0 Å². The maximum Gasteiger partial charge on any atom is 0.231 e. The zero-order valence-corrected chi connectivity index (χ0v) is 20.8. The molecule has 3 heterocycles. The van der Waals surface area contributed by atoms with Gasteiger partial charge in [-0.15, -0.1) is 0 Å². The lowest BCUT2D eigenvalue weighted by molar-refractivity contribution is -0.643. The minimum atomic E-state index is -0.426. The van der Waals surface area contributed by atoms with Crippen molar-refractivity contribution >= 4 is 49.0 Å². The molecule has 0 spiro atoms. The second-order valence-electron chi connectivity index (χ2n) is 10.9. The molecule has 3 heteroatoms. The fourth-order valence-electron chi connectivity index (χ4n) is 5.79. The molecule has 0 aliphatic carbocycles. The summed E-state index contributed by atoms with van der Waals surface area (Å²) >= 11 is 0. The van der Waals surface area contributed by atoms with E-state index in [0.717, 1.165) is 6.42 Å². The molecule has 0 saturated heterocycles. The van der Waals surface area contributed by atoms with Gasteiger partial charge in [-0.3, -0.25) is 0 Å². The summed E-state index contributed by atoms with van der Waals surface area (Å²) in [5.74, 6) is 0.468. The Kier molecular flexibility index (Phi) is 4.27. The molecule has 0 amide bonds. The average molecular weight is 445 g/mol. The van der Waals surface area contributed by atoms with Gasteiger partial charge in [0, 0.05) is 30.7 Å². The summed E-state index contributed by atoms with van der Waals surface area (Å²) in [4.78, 5) is 3.89. The zero-order chi connectivity index (χ0) is 23.9. The van der Waals surface area contributed by atoms with Gasteiger partial charge in [-0.05, 0) is 47.1 Å². The Bertz CT molecular complexity index is 1810. The van der Waals surface area contributed by atoms with E-state index < -0.39 is 5.54 Å². The largest absolute Gasteiger partial charge is 0.311 e. The topological polar surface area (TPSA) is 12.7 Å². The fraction of sp³-hybridized carbons (Fsp3) is 0.290. The van der Waals surface area contributed by atoms with Crippen molar-refractivity contribution < 1.29 is 4.57 Å². The van der Waals surface area contributed by atoms with Gasteiger partial charge in [0.25, 0.3) is 0 Å². The van der Waals surface area contributed by atoms with Crippen LogP contribution in [0.5, 0.6) is 0 Å². The molecule has 0 N–H and O–H groups in total. The summed E-state index contributed by atoms with van der Waals surface area (Å²) in [6.45, 7) is 18.5. The molecule has 0 unspecified atom stereocenters. The molecule has 0 radical (unpaired) electrons. The molecule has 3 nitrogen and oxygen atoms in total. The molecule has 34 heavy (non-hydrogen) atoms. The summed E-state index contributed by atoms with van der Waals surface area (Å²) in [6.07, 6.45) is 2.91. The Balaban J connectivity index is 1.92. The quantitative estimate of drug-likeness (QED) is 0.116. The molecule has 6 rings (SSSR count). The van der Waals surface area contributed by atoms with Crippen LogP contribution in [-0.4, -0.2) is 9.94 Å². The van der Waals surface area contributed by atoms with Crippen LogP contribution in [0.1, 0.15) is 50.3 Å². The first kappa shape index (κ1) is 20.9. The third-order valence-electron chi connectivity index (χ3n) is 7.52. The number of aromatic nitrogens is 2. The predicted octanol–water partition coefficient (Wildman–Crippen LogP) is 7.49. The highest BCUT2D eigenvalue weighted by molar-refractivity contribution is 6.25. The third kappa shape index (κ3) is 2.78. The lowest BCUT2D eigenvalue weighted by Crippen LogP contribution is -2.29. The lowest BCUT2D eigenvalue weighted by Gasteiger charge is -2.16. The predicted molar refractivity (Wildman–Crippen MR) is 143 cm³/mol. The second kappa shape index (κ2) is 6.93. The molecule has 0 aliphatic heterocycles. The van der Waals surface area contributed by atoms with Gasteiger partial charge in [0.1, 0.15) is 7.05 Å². The SMILES string of the molecule is [C-]#[N+]C(C)(C)Cc1cc2cc[n+](C)c3c4c(C)ccc5c6ccc(C(C)C)cc6n(c(c1)c23)c54. The highest BCUT2D eigenvalue weighted by atomic mass is 15.0. The van der Waals surface area contributed by atoms with Crippen molar-refractivity contribution in [2.75, 3.05) is 0 Å². The Hall–Kier alpha value is -3.64. The Morgan fingerprint density at radius 2 is 1.74 bits per heavy atom. The third-order valence-corrected chi connectivity index (χ3v) is 7.52. The molecular weight excluding hydrogens is 414 g/mol. The van der Waals surface area contributed by atoms with Crippen LogP contribution in [0.4, 0.5) is 0 Å². The average Bonchev–Trinajstić information content (AvgIpc) is 3.13. The van der Waals surface area contributed by atoms with E-state index in [0.29, 0.717) is 5.92 Å². The molecule has 3 aromatic carbocycles. The normalized spacial score (nSPS) is 12.8. The highest BCUT2D eigenvalue weighted by Gasteiger charge is 2.27. The van der Waals surface area contributed by atoms with Crippen molar-refractivity contribution in [3.05, 3.63) is 82.8 Å². The fourth-order valence-corrected chi connectivity index (χ4v) is 5.79. The van der Waals surface area contributed by atoms with Crippen LogP contribution in [0.2, 0.25) is 0 Å². The first-order valence-electron chi connectivity index (χ1n) is 12.1. The second-order valence-corrected chi connectivity index (χ2v) is 10.9. The van der Waals surface area contributed by atoms with Crippen molar-refractivity contribution in [3.8, 4) is 0 Å². The van der Waals surface area contributed by atoms with E-state index >= 15 is 0 Å².